The smallest absolute Gasteiger partial charge is 0.395 e. The Morgan fingerprint density at radius 2 is 0.645 bits per heavy atom. The molecule has 0 aliphatic carbocycles. The zero-order valence-electron chi connectivity index (χ0n) is 32.6. The van der Waals surface area contributed by atoms with Crippen LogP contribution in [-0.2, 0) is 9.13 Å². The fourth-order valence-corrected chi connectivity index (χ4v) is 10.9. The van der Waals surface area contributed by atoms with Crippen molar-refractivity contribution in [2.45, 2.75) is 0 Å². The monoisotopic (exact) mass is 846 g/mol. The third-order valence-corrected chi connectivity index (χ3v) is 13.5. The van der Waals surface area contributed by atoms with Gasteiger partial charge in [0.05, 0.1) is 0 Å². The molecule has 2 aliphatic heterocycles. The first-order valence-electron chi connectivity index (χ1n) is 20.0. The molecule has 8 nitrogen and oxygen atoms in total. The van der Waals surface area contributed by atoms with Crippen LogP contribution in [0.1, 0.15) is 0 Å². The summed E-state index contributed by atoms with van der Waals surface area (Å²) in [7, 11) is -9.18. The molecule has 2 N–H and O–H groups in total. The predicted molar refractivity (Wildman–Crippen MR) is 246 cm³/mol. The molecular weight excluding hydrogens is 815 g/mol. The normalized spacial score (nSPS) is 17.6. The van der Waals surface area contributed by atoms with Gasteiger partial charge in [-0.3, -0.25) is 9.79 Å². The molecular formula is C52H32O8P2. The van der Waals surface area contributed by atoms with E-state index in [9.17, 15) is 18.9 Å². The number of hydrogen-bond donors (Lipinski definition) is 2. The van der Waals surface area contributed by atoms with E-state index >= 15 is 0 Å². The maximum Gasteiger partial charge on any atom is 0.584 e. The predicted octanol–water partition coefficient (Wildman–Crippen LogP) is 14.4. The lowest BCUT2D eigenvalue weighted by Gasteiger charge is -2.18. The van der Waals surface area contributed by atoms with Crippen LogP contribution in [0.25, 0.3) is 98.7 Å². The first kappa shape index (κ1) is 36.7. The molecule has 0 saturated heterocycles. The van der Waals surface area contributed by atoms with Gasteiger partial charge in [-0.15, -0.1) is 0 Å². The first-order chi connectivity index (χ1) is 30.2. The Kier molecular flexibility index (Phi) is 8.08. The van der Waals surface area contributed by atoms with Gasteiger partial charge in [0.2, 0.25) is 0 Å². The second kappa shape index (κ2) is 13.7. The SMILES string of the molecule is O=P1(O)Oc2ccc3ccccc3c2-c2c(c(-c3ccc(-c4ccc(-c5cc6ccccc6c6c5OP(=O)(O)Oc5ccc7ccccc7c5-6)cc4)cc3)cc3ccccc23)O1. The maximum absolute atomic E-state index is 13.6. The zero-order chi connectivity index (χ0) is 41.7. The summed E-state index contributed by atoms with van der Waals surface area (Å²) in [5.74, 6) is 1.09. The number of rotatable bonds is 3. The molecule has 298 valence electrons. The van der Waals surface area contributed by atoms with E-state index < -0.39 is 15.6 Å². The summed E-state index contributed by atoms with van der Waals surface area (Å²) in [5.41, 5.74) is 7.50. The Hall–Kier alpha value is -7.18. The van der Waals surface area contributed by atoms with Crippen LogP contribution < -0.4 is 18.1 Å². The van der Waals surface area contributed by atoms with E-state index in [1.54, 1.807) is 12.1 Å². The molecule has 10 aromatic carbocycles. The van der Waals surface area contributed by atoms with Crippen molar-refractivity contribution < 1.29 is 37.0 Å². The van der Waals surface area contributed by atoms with Gasteiger partial charge in [0, 0.05) is 33.4 Å². The van der Waals surface area contributed by atoms with Crippen molar-refractivity contribution in [3.63, 3.8) is 0 Å². The van der Waals surface area contributed by atoms with Gasteiger partial charge in [0.1, 0.15) is 23.0 Å². The third-order valence-electron chi connectivity index (χ3n) is 11.9. The van der Waals surface area contributed by atoms with Gasteiger partial charge >= 0.3 is 15.6 Å². The van der Waals surface area contributed by atoms with E-state index in [0.717, 1.165) is 65.3 Å². The van der Waals surface area contributed by atoms with E-state index in [1.165, 1.54) is 0 Å². The lowest BCUT2D eigenvalue weighted by Crippen LogP contribution is -1.99. The van der Waals surface area contributed by atoms with Crippen molar-refractivity contribution in [2.24, 2.45) is 0 Å². The quantitative estimate of drug-likeness (QED) is 0.169. The summed E-state index contributed by atoms with van der Waals surface area (Å²) < 4.78 is 50.6. The Balaban J connectivity index is 0.975. The Labute approximate surface area is 355 Å². The molecule has 0 bridgehead atoms. The van der Waals surface area contributed by atoms with Crippen molar-refractivity contribution in [2.75, 3.05) is 0 Å². The van der Waals surface area contributed by atoms with Gasteiger partial charge in [0.25, 0.3) is 0 Å². The van der Waals surface area contributed by atoms with Gasteiger partial charge < -0.3 is 18.1 Å². The summed E-state index contributed by atoms with van der Waals surface area (Å²) in [5, 5.41) is 7.29. The molecule has 2 unspecified atom stereocenters. The van der Waals surface area contributed by atoms with Crippen LogP contribution in [0.3, 0.4) is 0 Å². The average Bonchev–Trinajstić information content (AvgIpc) is 3.50. The number of phosphoric acid groups is 2. The zero-order valence-corrected chi connectivity index (χ0v) is 34.3. The lowest BCUT2D eigenvalue weighted by atomic mass is 9.88. The van der Waals surface area contributed by atoms with Gasteiger partial charge in [0.15, 0.2) is 0 Å². The van der Waals surface area contributed by atoms with Gasteiger partial charge in [-0.05, 0) is 89.6 Å². The van der Waals surface area contributed by atoms with Crippen molar-refractivity contribution >= 4 is 58.7 Å². The fraction of sp³-hybridized carbons (Fsp3) is 0. The highest BCUT2D eigenvalue weighted by Gasteiger charge is 2.37. The van der Waals surface area contributed by atoms with Crippen LogP contribution in [0, 0.1) is 0 Å². The Morgan fingerprint density at radius 1 is 0.323 bits per heavy atom. The van der Waals surface area contributed by atoms with E-state index in [2.05, 4.69) is 0 Å². The number of fused-ring (bicyclic) bond motifs is 14. The van der Waals surface area contributed by atoms with E-state index in [0.29, 0.717) is 33.4 Å². The second-order valence-corrected chi connectivity index (χ2v) is 18.1. The second-order valence-electron chi connectivity index (χ2n) is 15.5. The first-order valence-corrected chi connectivity index (χ1v) is 23.0. The minimum absolute atomic E-state index is 0.270. The van der Waals surface area contributed by atoms with Crippen LogP contribution in [0.5, 0.6) is 23.0 Å². The van der Waals surface area contributed by atoms with Crippen LogP contribution in [0.2, 0.25) is 0 Å². The maximum atomic E-state index is 13.6. The molecule has 0 radical (unpaired) electrons. The highest BCUT2D eigenvalue weighted by atomic mass is 31.2. The summed E-state index contributed by atoms with van der Waals surface area (Å²) in [6.07, 6.45) is 0. The van der Waals surface area contributed by atoms with Crippen LogP contribution in [-0.4, -0.2) is 9.79 Å². The number of benzene rings is 10. The van der Waals surface area contributed by atoms with Crippen LogP contribution in [0.15, 0.2) is 182 Å². The third kappa shape index (κ3) is 5.92. The number of phosphoric ester groups is 2. The molecule has 62 heavy (non-hydrogen) atoms. The summed E-state index contributed by atoms with van der Waals surface area (Å²) in [4.78, 5) is 22.1. The fourth-order valence-electron chi connectivity index (χ4n) is 9.14. The van der Waals surface area contributed by atoms with Crippen LogP contribution >= 0.6 is 15.6 Å². The van der Waals surface area contributed by atoms with Crippen molar-refractivity contribution in [1.29, 1.82) is 0 Å². The molecule has 0 spiro atoms. The molecule has 10 aromatic rings. The molecule has 12 rings (SSSR count). The van der Waals surface area contributed by atoms with Crippen molar-refractivity contribution in [3.8, 4) is 78.6 Å². The minimum atomic E-state index is -4.59. The molecule has 0 aromatic heterocycles. The van der Waals surface area contributed by atoms with Gasteiger partial charge in [-0.1, -0.05) is 158 Å². The largest absolute Gasteiger partial charge is 0.584 e. The molecule has 0 saturated carbocycles. The molecule has 10 heteroatoms. The van der Waals surface area contributed by atoms with E-state index in [4.69, 9.17) is 18.1 Å². The Bertz CT molecular complexity index is 3380. The highest BCUT2D eigenvalue weighted by Crippen LogP contribution is 2.61. The number of hydrogen-bond acceptors (Lipinski definition) is 6. The van der Waals surface area contributed by atoms with E-state index in [-0.39, 0.29) is 23.0 Å². The molecule has 2 heterocycles. The summed E-state index contributed by atoms with van der Waals surface area (Å²) in [6.45, 7) is 0. The van der Waals surface area contributed by atoms with Gasteiger partial charge in [-0.2, -0.15) is 0 Å². The topological polar surface area (TPSA) is 112 Å². The van der Waals surface area contributed by atoms with Crippen LogP contribution in [0.4, 0.5) is 0 Å². The summed E-state index contributed by atoms with van der Waals surface area (Å²) >= 11 is 0. The highest BCUT2D eigenvalue weighted by molar-refractivity contribution is 7.48. The van der Waals surface area contributed by atoms with Crippen molar-refractivity contribution in [1.82, 2.24) is 0 Å². The standard InChI is InChI=1S/C52H32O8P2/c53-61(54)57-45-27-25-33-9-1-5-13-39(33)47(45)49-41-15-7-3-11-37(41)29-43(51(49)59-61)35-21-17-31(18-22-35)32-19-23-36(24-20-32)44-30-38-12-4-8-16-42(38)50-48-40-14-6-2-10-34(40)26-28-46(48)58-62(55,56)60-52(44)50/h1-30H,(H,53,54)(H,55,56). The minimum Gasteiger partial charge on any atom is -0.395 e. The average molecular weight is 847 g/mol. The Morgan fingerprint density at radius 3 is 1.03 bits per heavy atom. The van der Waals surface area contributed by atoms with E-state index in [1.807, 2.05) is 170 Å². The molecule has 0 amide bonds. The van der Waals surface area contributed by atoms with Gasteiger partial charge in [-0.25, -0.2) is 9.13 Å². The molecule has 2 atom stereocenters. The molecule has 0 fully saturated rings. The van der Waals surface area contributed by atoms with Crippen molar-refractivity contribution in [3.05, 3.63) is 182 Å². The summed E-state index contributed by atoms with van der Waals surface area (Å²) in [6, 6.07) is 58.8. The lowest BCUT2D eigenvalue weighted by molar-refractivity contribution is 0.293. The molecule has 2 aliphatic rings.